The molecule has 1 aromatic heterocycles. The van der Waals surface area contributed by atoms with E-state index in [2.05, 4.69) is 9.97 Å². The first-order chi connectivity index (χ1) is 6.01. The van der Waals surface area contributed by atoms with Crippen LogP contribution in [0.3, 0.4) is 0 Å². The van der Waals surface area contributed by atoms with E-state index in [0.29, 0.717) is 11.6 Å². The maximum absolute atomic E-state index is 8.74. The van der Waals surface area contributed by atoms with Crippen LogP contribution in [-0.2, 0) is 6.61 Å². The first-order valence-corrected chi connectivity index (χ1v) is 4.12. The first-order valence-electron chi connectivity index (χ1n) is 4.12. The molecule has 1 heterocycles. The molecule has 0 spiro atoms. The van der Waals surface area contributed by atoms with E-state index in [9.17, 15) is 0 Å². The van der Waals surface area contributed by atoms with E-state index in [4.69, 9.17) is 9.84 Å². The van der Waals surface area contributed by atoms with Gasteiger partial charge >= 0.3 is 6.01 Å². The summed E-state index contributed by atoms with van der Waals surface area (Å²) in [5, 5.41) is 8.74. The third-order valence-corrected chi connectivity index (χ3v) is 1.26. The number of rotatable bonds is 2. The lowest BCUT2D eigenvalue weighted by atomic mass is 10.2. The van der Waals surface area contributed by atoms with Crippen molar-refractivity contribution in [1.82, 2.24) is 9.97 Å². The van der Waals surface area contributed by atoms with Crippen LogP contribution in [-0.4, -0.2) is 20.7 Å². The topological polar surface area (TPSA) is 55.2 Å². The summed E-state index contributed by atoms with van der Waals surface area (Å²) in [5.41, 5.74) is 0.391. The van der Waals surface area contributed by atoms with Gasteiger partial charge in [-0.05, 0) is 20.8 Å². The molecule has 1 N–H and O–H groups in total. The maximum Gasteiger partial charge on any atom is 0.316 e. The van der Waals surface area contributed by atoms with Crippen LogP contribution in [0.5, 0.6) is 6.01 Å². The average Bonchev–Trinajstić information content (AvgIpc) is 2.03. The molecule has 13 heavy (non-hydrogen) atoms. The number of hydrogen-bond donors (Lipinski definition) is 1. The zero-order chi connectivity index (χ0) is 9.90. The molecule has 1 aromatic rings. The Morgan fingerprint density at radius 3 is 2.23 bits per heavy atom. The average molecular weight is 182 g/mol. The Balaban J connectivity index is 2.70. The largest absolute Gasteiger partial charge is 0.458 e. The molecular weight excluding hydrogens is 168 g/mol. The summed E-state index contributed by atoms with van der Waals surface area (Å²) in [4.78, 5) is 7.88. The minimum atomic E-state index is -0.291. The van der Waals surface area contributed by atoms with Gasteiger partial charge in [-0.1, -0.05) is 0 Å². The van der Waals surface area contributed by atoms with E-state index in [0.717, 1.165) is 0 Å². The summed E-state index contributed by atoms with van der Waals surface area (Å²) in [6, 6.07) is 0.338. The van der Waals surface area contributed by atoms with Crippen molar-refractivity contribution < 1.29 is 9.84 Å². The van der Waals surface area contributed by atoms with Crippen molar-refractivity contribution in [3.05, 3.63) is 18.0 Å². The Bertz CT molecular complexity index is 264. The Labute approximate surface area is 77.6 Å². The van der Waals surface area contributed by atoms with E-state index in [1.54, 1.807) is 12.4 Å². The second-order valence-electron chi connectivity index (χ2n) is 3.75. The Morgan fingerprint density at radius 1 is 1.31 bits per heavy atom. The Hall–Kier alpha value is -1.16. The van der Waals surface area contributed by atoms with Crippen molar-refractivity contribution in [2.45, 2.75) is 33.0 Å². The third kappa shape index (κ3) is 3.38. The van der Waals surface area contributed by atoms with Crippen molar-refractivity contribution in [3.63, 3.8) is 0 Å². The predicted octanol–water partition coefficient (Wildman–Crippen LogP) is 1.15. The van der Waals surface area contributed by atoms with Crippen LogP contribution in [0.4, 0.5) is 0 Å². The maximum atomic E-state index is 8.74. The fourth-order valence-electron chi connectivity index (χ4n) is 0.751. The van der Waals surface area contributed by atoms with Crippen LogP contribution in [0.1, 0.15) is 26.3 Å². The molecule has 0 bridgehead atoms. The third-order valence-electron chi connectivity index (χ3n) is 1.26. The highest BCUT2D eigenvalue weighted by Crippen LogP contribution is 2.11. The fraction of sp³-hybridized carbons (Fsp3) is 0.556. The van der Waals surface area contributed by atoms with Crippen molar-refractivity contribution in [2.75, 3.05) is 0 Å². The SMILES string of the molecule is CC(C)(C)Oc1ncc(CO)cn1. The van der Waals surface area contributed by atoms with Crippen LogP contribution in [0.25, 0.3) is 0 Å². The van der Waals surface area contributed by atoms with E-state index < -0.39 is 0 Å². The summed E-state index contributed by atoms with van der Waals surface area (Å²) in [7, 11) is 0. The van der Waals surface area contributed by atoms with Gasteiger partial charge in [0.25, 0.3) is 0 Å². The second-order valence-corrected chi connectivity index (χ2v) is 3.75. The number of ether oxygens (including phenoxy) is 1. The monoisotopic (exact) mass is 182 g/mol. The van der Waals surface area contributed by atoms with Gasteiger partial charge in [0.2, 0.25) is 0 Å². The summed E-state index contributed by atoms with van der Waals surface area (Å²) in [6.07, 6.45) is 3.10. The predicted molar refractivity (Wildman–Crippen MR) is 48.3 cm³/mol. The molecule has 0 aliphatic carbocycles. The van der Waals surface area contributed by atoms with Gasteiger partial charge in [0.1, 0.15) is 5.60 Å². The Kier molecular flexibility index (Phi) is 2.83. The molecule has 0 atom stereocenters. The molecule has 0 radical (unpaired) electrons. The number of nitrogens with zero attached hydrogens (tertiary/aromatic N) is 2. The second kappa shape index (κ2) is 3.70. The van der Waals surface area contributed by atoms with E-state index in [1.807, 2.05) is 20.8 Å². The van der Waals surface area contributed by atoms with Crippen LogP contribution >= 0.6 is 0 Å². The molecule has 0 aliphatic rings. The smallest absolute Gasteiger partial charge is 0.316 e. The summed E-state index contributed by atoms with van der Waals surface area (Å²) in [5.74, 6) is 0. The van der Waals surface area contributed by atoms with Gasteiger partial charge in [0, 0.05) is 18.0 Å². The van der Waals surface area contributed by atoms with E-state index in [-0.39, 0.29) is 12.2 Å². The molecule has 0 aliphatic heterocycles. The lowest BCUT2D eigenvalue weighted by Gasteiger charge is -2.18. The van der Waals surface area contributed by atoms with Gasteiger partial charge in [-0.2, -0.15) is 0 Å². The number of aliphatic hydroxyl groups excluding tert-OH is 1. The van der Waals surface area contributed by atoms with Gasteiger partial charge in [0.15, 0.2) is 0 Å². The van der Waals surface area contributed by atoms with Crippen LogP contribution < -0.4 is 4.74 Å². The lowest BCUT2D eigenvalue weighted by Crippen LogP contribution is -2.24. The van der Waals surface area contributed by atoms with Crippen molar-refractivity contribution >= 4 is 0 Å². The van der Waals surface area contributed by atoms with Gasteiger partial charge < -0.3 is 9.84 Å². The van der Waals surface area contributed by atoms with Crippen LogP contribution in [0.15, 0.2) is 12.4 Å². The molecule has 0 saturated carbocycles. The van der Waals surface area contributed by atoms with Gasteiger partial charge in [-0.25, -0.2) is 9.97 Å². The zero-order valence-electron chi connectivity index (χ0n) is 8.11. The zero-order valence-corrected chi connectivity index (χ0v) is 8.11. The quantitative estimate of drug-likeness (QED) is 0.745. The minimum absolute atomic E-state index is 0.0458. The summed E-state index contributed by atoms with van der Waals surface area (Å²) in [6.45, 7) is 5.73. The standard InChI is InChI=1S/C9H14N2O2/c1-9(2,3)13-8-10-4-7(6-12)5-11-8/h4-5,12H,6H2,1-3H3. The minimum Gasteiger partial charge on any atom is -0.458 e. The van der Waals surface area contributed by atoms with Crippen molar-refractivity contribution in [2.24, 2.45) is 0 Å². The molecule has 0 amide bonds. The van der Waals surface area contributed by atoms with Gasteiger partial charge in [-0.3, -0.25) is 0 Å². The molecule has 72 valence electrons. The van der Waals surface area contributed by atoms with Crippen molar-refractivity contribution in [3.8, 4) is 6.01 Å². The molecule has 4 nitrogen and oxygen atoms in total. The van der Waals surface area contributed by atoms with Crippen molar-refractivity contribution in [1.29, 1.82) is 0 Å². The lowest BCUT2D eigenvalue weighted by molar-refractivity contribution is 0.116. The van der Waals surface area contributed by atoms with Crippen LogP contribution in [0.2, 0.25) is 0 Å². The molecule has 0 fully saturated rings. The highest BCUT2D eigenvalue weighted by Gasteiger charge is 2.13. The summed E-state index contributed by atoms with van der Waals surface area (Å²) >= 11 is 0. The molecule has 0 saturated heterocycles. The molecule has 0 unspecified atom stereocenters. The van der Waals surface area contributed by atoms with E-state index >= 15 is 0 Å². The number of hydrogen-bond acceptors (Lipinski definition) is 4. The first kappa shape index (κ1) is 9.92. The normalized spacial score (nSPS) is 11.4. The highest BCUT2D eigenvalue weighted by molar-refractivity contribution is 5.06. The Morgan fingerprint density at radius 2 is 1.85 bits per heavy atom. The van der Waals surface area contributed by atoms with Crippen LogP contribution in [0, 0.1) is 0 Å². The molecule has 0 aromatic carbocycles. The highest BCUT2D eigenvalue weighted by atomic mass is 16.5. The molecule has 4 heteroatoms. The fourth-order valence-corrected chi connectivity index (χ4v) is 0.751. The van der Waals surface area contributed by atoms with E-state index in [1.165, 1.54) is 0 Å². The molecular formula is C9H14N2O2. The number of aromatic nitrogens is 2. The summed E-state index contributed by atoms with van der Waals surface area (Å²) < 4.78 is 5.40. The van der Waals surface area contributed by atoms with Gasteiger partial charge in [0.05, 0.1) is 6.61 Å². The van der Waals surface area contributed by atoms with Gasteiger partial charge in [-0.15, -0.1) is 0 Å². The molecule has 1 rings (SSSR count). The number of aliphatic hydroxyl groups is 1.